The summed E-state index contributed by atoms with van der Waals surface area (Å²) < 4.78 is 2.99. The number of imidazole rings is 1. The highest BCUT2D eigenvalue weighted by molar-refractivity contribution is 9.10. The van der Waals surface area contributed by atoms with Crippen LogP contribution in [0.5, 0.6) is 0 Å². The summed E-state index contributed by atoms with van der Waals surface area (Å²) in [4.78, 5) is 8.64. The molecular formula is C10H10BrN3O. The van der Waals surface area contributed by atoms with Crippen molar-refractivity contribution in [2.45, 2.75) is 25.0 Å². The average Bonchev–Trinajstić information content (AvgIpc) is 2.55. The Morgan fingerprint density at radius 1 is 1.40 bits per heavy atom. The summed E-state index contributed by atoms with van der Waals surface area (Å²) in [5.41, 5.74) is 1.79. The molecule has 0 spiro atoms. The van der Waals surface area contributed by atoms with Gasteiger partial charge in [-0.25, -0.2) is 9.97 Å². The molecule has 1 N–H and O–H groups in total. The SMILES string of the molecule is OC1CC(n2cnc3cc(Br)cnc32)C1. The summed E-state index contributed by atoms with van der Waals surface area (Å²) in [6, 6.07) is 2.31. The van der Waals surface area contributed by atoms with Crippen molar-refractivity contribution in [1.82, 2.24) is 14.5 Å². The maximum absolute atomic E-state index is 9.27. The van der Waals surface area contributed by atoms with Crippen LogP contribution in [0.3, 0.4) is 0 Å². The predicted octanol–water partition coefficient (Wildman–Crippen LogP) is 1.89. The molecule has 0 saturated heterocycles. The minimum atomic E-state index is -0.150. The van der Waals surface area contributed by atoms with Gasteiger partial charge in [-0.2, -0.15) is 0 Å². The van der Waals surface area contributed by atoms with E-state index in [1.165, 1.54) is 0 Å². The van der Waals surface area contributed by atoms with Crippen LogP contribution in [0.4, 0.5) is 0 Å². The molecule has 1 fully saturated rings. The van der Waals surface area contributed by atoms with Crippen LogP contribution in [-0.4, -0.2) is 25.7 Å². The number of aliphatic hydroxyl groups excluding tert-OH is 1. The Hall–Kier alpha value is -0.940. The minimum Gasteiger partial charge on any atom is -0.393 e. The Labute approximate surface area is 95.1 Å². The van der Waals surface area contributed by atoms with Gasteiger partial charge in [0.2, 0.25) is 0 Å². The van der Waals surface area contributed by atoms with E-state index in [4.69, 9.17) is 0 Å². The highest BCUT2D eigenvalue weighted by atomic mass is 79.9. The lowest BCUT2D eigenvalue weighted by molar-refractivity contribution is 0.0499. The van der Waals surface area contributed by atoms with Crippen molar-refractivity contribution < 1.29 is 5.11 Å². The second-order valence-electron chi connectivity index (χ2n) is 3.93. The van der Waals surface area contributed by atoms with E-state index in [0.717, 1.165) is 28.5 Å². The first-order valence-corrected chi connectivity index (χ1v) is 5.69. The van der Waals surface area contributed by atoms with Crippen molar-refractivity contribution in [3.8, 4) is 0 Å². The molecule has 2 aromatic heterocycles. The van der Waals surface area contributed by atoms with Crippen LogP contribution in [0.2, 0.25) is 0 Å². The predicted molar refractivity (Wildman–Crippen MR) is 59.5 cm³/mol. The Balaban J connectivity index is 2.05. The van der Waals surface area contributed by atoms with Crippen LogP contribution >= 0.6 is 15.9 Å². The third-order valence-electron chi connectivity index (χ3n) is 2.86. The van der Waals surface area contributed by atoms with Crippen molar-refractivity contribution in [2.24, 2.45) is 0 Å². The first-order chi connectivity index (χ1) is 7.24. The minimum absolute atomic E-state index is 0.150. The molecule has 15 heavy (non-hydrogen) atoms. The zero-order valence-corrected chi connectivity index (χ0v) is 9.55. The lowest BCUT2D eigenvalue weighted by Gasteiger charge is -2.32. The number of rotatable bonds is 1. The monoisotopic (exact) mass is 267 g/mol. The first-order valence-electron chi connectivity index (χ1n) is 4.90. The summed E-state index contributed by atoms with van der Waals surface area (Å²) in [5, 5.41) is 9.27. The number of halogens is 1. The highest BCUT2D eigenvalue weighted by Crippen LogP contribution is 2.34. The van der Waals surface area contributed by atoms with Gasteiger partial charge in [0.15, 0.2) is 5.65 Å². The maximum Gasteiger partial charge on any atom is 0.160 e. The van der Waals surface area contributed by atoms with E-state index in [1.54, 1.807) is 12.5 Å². The van der Waals surface area contributed by atoms with Crippen LogP contribution < -0.4 is 0 Å². The smallest absolute Gasteiger partial charge is 0.160 e. The van der Waals surface area contributed by atoms with Gasteiger partial charge in [-0.3, -0.25) is 0 Å². The van der Waals surface area contributed by atoms with Gasteiger partial charge in [-0.05, 0) is 34.8 Å². The first kappa shape index (κ1) is 9.30. The van der Waals surface area contributed by atoms with Gasteiger partial charge in [0.05, 0.1) is 12.4 Å². The normalized spacial score (nSPS) is 25.5. The van der Waals surface area contributed by atoms with Crippen LogP contribution in [0, 0.1) is 0 Å². The Kier molecular flexibility index (Phi) is 2.03. The fourth-order valence-corrected chi connectivity index (χ4v) is 2.27. The second kappa shape index (κ2) is 3.28. The lowest BCUT2D eigenvalue weighted by Crippen LogP contribution is -2.30. The molecule has 1 saturated carbocycles. The van der Waals surface area contributed by atoms with E-state index in [2.05, 4.69) is 30.5 Å². The summed E-state index contributed by atoms with van der Waals surface area (Å²) in [5.74, 6) is 0. The van der Waals surface area contributed by atoms with Gasteiger partial charge in [0.25, 0.3) is 0 Å². The fraction of sp³-hybridized carbons (Fsp3) is 0.400. The summed E-state index contributed by atoms with van der Waals surface area (Å²) >= 11 is 3.37. The largest absolute Gasteiger partial charge is 0.393 e. The molecule has 5 heteroatoms. The van der Waals surface area contributed by atoms with Crippen molar-refractivity contribution in [1.29, 1.82) is 0 Å². The van der Waals surface area contributed by atoms with Gasteiger partial charge in [0.1, 0.15) is 5.52 Å². The zero-order chi connectivity index (χ0) is 10.4. The quantitative estimate of drug-likeness (QED) is 0.859. The molecule has 3 rings (SSSR count). The van der Waals surface area contributed by atoms with Crippen molar-refractivity contribution >= 4 is 27.1 Å². The topological polar surface area (TPSA) is 50.9 Å². The van der Waals surface area contributed by atoms with E-state index in [0.29, 0.717) is 6.04 Å². The number of fused-ring (bicyclic) bond motifs is 1. The molecule has 0 unspecified atom stereocenters. The molecule has 2 aromatic rings. The van der Waals surface area contributed by atoms with Crippen molar-refractivity contribution in [3.05, 3.63) is 23.1 Å². The number of hydrogen-bond donors (Lipinski definition) is 1. The molecule has 0 aliphatic heterocycles. The molecule has 0 radical (unpaired) electrons. The van der Waals surface area contributed by atoms with E-state index in [9.17, 15) is 5.11 Å². The van der Waals surface area contributed by atoms with Crippen molar-refractivity contribution in [3.63, 3.8) is 0 Å². The van der Waals surface area contributed by atoms with Crippen LogP contribution in [-0.2, 0) is 0 Å². The molecule has 0 bridgehead atoms. The fourth-order valence-electron chi connectivity index (χ4n) is 1.95. The van der Waals surface area contributed by atoms with Gasteiger partial charge in [-0.15, -0.1) is 0 Å². The standard InChI is InChI=1S/C10H10BrN3O/c11-6-1-9-10(12-4-6)14(5-13-9)7-2-8(15)3-7/h1,4-5,7-8,15H,2-3H2. The number of aliphatic hydroxyl groups is 1. The Bertz CT molecular complexity index is 504. The number of hydrogen-bond acceptors (Lipinski definition) is 3. The van der Waals surface area contributed by atoms with Gasteiger partial charge in [-0.1, -0.05) is 0 Å². The summed E-state index contributed by atoms with van der Waals surface area (Å²) in [6.07, 6.45) is 5.05. The zero-order valence-electron chi connectivity index (χ0n) is 7.97. The van der Waals surface area contributed by atoms with E-state index < -0.39 is 0 Å². The third kappa shape index (κ3) is 1.46. The van der Waals surface area contributed by atoms with E-state index >= 15 is 0 Å². The molecule has 0 amide bonds. The Morgan fingerprint density at radius 2 is 2.20 bits per heavy atom. The highest BCUT2D eigenvalue weighted by Gasteiger charge is 2.29. The molecule has 78 valence electrons. The molecule has 2 heterocycles. The number of nitrogens with zero attached hydrogens (tertiary/aromatic N) is 3. The molecule has 0 aromatic carbocycles. The van der Waals surface area contributed by atoms with Gasteiger partial charge < -0.3 is 9.67 Å². The number of aromatic nitrogens is 3. The van der Waals surface area contributed by atoms with Crippen LogP contribution in [0.25, 0.3) is 11.2 Å². The maximum atomic E-state index is 9.27. The lowest BCUT2D eigenvalue weighted by atomic mass is 9.89. The van der Waals surface area contributed by atoms with E-state index in [1.807, 2.05) is 6.07 Å². The number of pyridine rings is 1. The van der Waals surface area contributed by atoms with Gasteiger partial charge >= 0.3 is 0 Å². The summed E-state index contributed by atoms with van der Waals surface area (Å²) in [7, 11) is 0. The third-order valence-corrected chi connectivity index (χ3v) is 3.30. The summed E-state index contributed by atoms with van der Waals surface area (Å²) in [6.45, 7) is 0. The molecule has 1 aliphatic rings. The molecule has 1 aliphatic carbocycles. The van der Waals surface area contributed by atoms with Crippen molar-refractivity contribution in [2.75, 3.05) is 0 Å². The second-order valence-corrected chi connectivity index (χ2v) is 4.84. The van der Waals surface area contributed by atoms with E-state index in [-0.39, 0.29) is 6.10 Å². The van der Waals surface area contributed by atoms with Crippen LogP contribution in [0.1, 0.15) is 18.9 Å². The van der Waals surface area contributed by atoms with Gasteiger partial charge in [0, 0.05) is 16.7 Å². The molecule has 0 atom stereocenters. The average molecular weight is 268 g/mol. The Morgan fingerprint density at radius 3 is 2.93 bits per heavy atom. The molecular weight excluding hydrogens is 258 g/mol. The molecule has 4 nitrogen and oxygen atoms in total. The van der Waals surface area contributed by atoms with Crippen LogP contribution in [0.15, 0.2) is 23.1 Å².